The Morgan fingerprint density at radius 3 is 2.43 bits per heavy atom. The van der Waals surface area contributed by atoms with Gasteiger partial charge in [0.15, 0.2) is 0 Å². The second kappa shape index (κ2) is 4.33. The van der Waals surface area contributed by atoms with Crippen LogP contribution in [0.5, 0.6) is 0 Å². The molecule has 0 rings (SSSR count). The largest absolute Gasteiger partial charge is 0.460 e. The van der Waals surface area contributed by atoms with Gasteiger partial charge in [0, 0.05) is 10.8 Å². The molecule has 0 amide bonds. The van der Waals surface area contributed by atoms with Crippen molar-refractivity contribution in [2.24, 2.45) is 0 Å². The van der Waals surface area contributed by atoms with E-state index in [1.54, 1.807) is 0 Å². The van der Waals surface area contributed by atoms with Crippen LogP contribution in [0.4, 0.5) is 4.79 Å². The Labute approximate surface area is 50.4 Å². The Kier molecular flexibility index (Phi) is 4.44. The molecule has 0 radical (unpaired) electrons. The zero-order chi connectivity index (χ0) is 5.70. The monoisotopic (exact) mass is 138 g/mol. The summed E-state index contributed by atoms with van der Waals surface area (Å²) in [6.07, 6.45) is 1.82. The lowest BCUT2D eigenvalue weighted by atomic mass is 11.5. The molecule has 0 N–H and O–H groups in total. The van der Waals surface area contributed by atoms with Crippen molar-refractivity contribution in [1.82, 2.24) is 0 Å². The van der Waals surface area contributed by atoms with Gasteiger partial charge in [-0.2, -0.15) is 0 Å². The zero-order valence-corrected chi connectivity index (χ0v) is 5.77. The fourth-order valence-electron chi connectivity index (χ4n) is 0.102. The average molecular weight is 138 g/mol. The van der Waals surface area contributed by atoms with Crippen LogP contribution in [0.2, 0.25) is 0 Å². The molecule has 0 spiro atoms. The maximum absolute atomic E-state index is 10.1. The van der Waals surface area contributed by atoms with Crippen LogP contribution < -0.4 is 0 Å². The van der Waals surface area contributed by atoms with E-state index >= 15 is 0 Å². The molecule has 0 saturated carbocycles. The molecule has 7 heavy (non-hydrogen) atoms. The lowest BCUT2D eigenvalue weighted by Crippen LogP contribution is -1.85. The van der Waals surface area contributed by atoms with E-state index in [2.05, 4.69) is 4.74 Å². The summed E-state index contributed by atoms with van der Waals surface area (Å²) in [6, 6.07) is 0. The number of methoxy groups -OCH3 is 1. The quantitative estimate of drug-likeness (QED) is 0.407. The lowest BCUT2D eigenvalue weighted by Gasteiger charge is -1.89. The molecule has 42 valence electrons. The maximum Gasteiger partial charge on any atom is 0.377 e. The van der Waals surface area contributed by atoms with Crippen molar-refractivity contribution in [2.75, 3.05) is 13.4 Å². The number of carbonyl (C=O) groups excluding carboxylic acids is 1. The average Bonchev–Trinajstić information content (AvgIpc) is 1.68. The predicted molar refractivity (Wildman–Crippen MR) is 33.5 cm³/mol. The number of carbonyl (C=O) groups is 1. The summed E-state index contributed by atoms with van der Waals surface area (Å²) < 4.78 is 4.29. The smallest absolute Gasteiger partial charge is 0.377 e. The third-order valence-electron chi connectivity index (χ3n) is 0.318. The lowest BCUT2D eigenvalue weighted by molar-refractivity contribution is 0.200. The highest BCUT2D eigenvalue weighted by atomic mass is 33.1. The minimum absolute atomic E-state index is 0.243. The minimum Gasteiger partial charge on any atom is -0.460 e. The van der Waals surface area contributed by atoms with Crippen molar-refractivity contribution in [1.29, 1.82) is 0 Å². The molecule has 4 heteroatoms. The van der Waals surface area contributed by atoms with Gasteiger partial charge in [0.05, 0.1) is 7.11 Å². The summed E-state index contributed by atoms with van der Waals surface area (Å²) in [6.45, 7) is 0. The van der Waals surface area contributed by atoms with Crippen molar-refractivity contribution >= 4 is 26.9 Å². The second-order valence-electron chi connectivity index (χ2n) is 0.704. The molecule has 0 saturated heterocycles. The van der Waals surface area contributed by atoms with E-state index in [0.717, 1.165) is 10.8 Å². The van der Waals surface area contributed by atoms with Gasteiger partial charge in [0.1, 0.15) is 0 Å². The molecule has 0 aliphatic rings. The number of hydrogen-bond donors (Lipinski definition) is 0. The van der Waals surface area contributed by atoms with E-state index in [1.165, 1.54) is 17.9 Å². The Morgan fingerprint density at radius 2 is 2.29 bits per heavy atom. The first-order valence-electron chi connectivity index (χ1n) is 1.60. The molecule has 0 fully saturated rings. The molecule has 2 nitrogen and oxygen atoms in total. The zero-order valence-electron chi connectivity index (χ0n) is 4.13. The molecular formula is C3H6O2S2. The highest BCUT2D eigenvalue weighted by Crippen LogP contribution is 2.18. The van der Waals surface area contributed by atoms with Gasteiger partial charge in [0.2, 0.25) is 0 Å². The summed E-state index contributed by atoms with van der Waals surface area (Å²) >= 11 is 0. The molecule has 0 bridgehead atoms. The fourth-order valence-corrected chi connectivity index (χ4v) is 0.919. The Hall–Kier alpha value is 0.170. The molecule has 0 aromatic heterocycles. The first-order chi connectivity index (χ1) is 3.31. The van der Waals surface area contributed by atoms with Gasteiger partial charge < -0.3 is 4.74 Å². The predicted octanol–water partition coefficient (Wildman–Crippen LogP) is 1.76. The van der Waals surface area contributed by atoms with Crippen LogP contribution in [-0.4, -0.2) is 18.7 Å². The molecule has 0 aliphatic carbocycles. The second-order valence-corrected chi connectivity index (χ2v) is 3.04. The topological polar surface area (TPSA) is 26.3 Å². The van der Waals surface area contributed by atoms with Crippen LogP contribution in [0.25, 0.3) is 0 Å². The summed E-state index contributed by atoms with van der Waals surface area (Å²) in [5.74, 6) is 0. The molecule has 0 aromatic rings. The van der Waals surface area contributed by atoms with Crippen LogP contribution in [0.3, 0.4) is 0 Å². The van der Waals surface area contributed by atoms with Crippen molar-refractivity contribution in [2.45, 2.75) is 0 Å². The third-order valence-corrected chi connectivity index (χ3v) is 1.70. The highest BCUT2D eigenvalue weighted by molar-refractivity contribution is 8.81. The van der Waals surface area contributed by atoms with Crippen LogP contribution in [0, 0.1) is 0 Å². The minimum atomic E-state index is -0.243. The van der Waals surface area contributed by atoms with Gasteiger partial charge in [-0.15, -0.1) is 0 Å². The molecule has 0 aromatic carbocycles. The Bertz CT molecular complexity index is 64.0. The maximum atomic E-state index is 10.1. The third kappa shape index (κ3) is 4.01. The first-order valence-corrected chi connectivity index (χ1v) is 4.15. The summed E-state index contributed by atoms with van der Waals surface area (Å²) in [7, 11) is 3.83. The van der Waals surface area contributed by atoms with Gasteiger partial charge >= 0.3 is 5.30 Å². The molecule has 0 atom stereocenters. The fraction of sp³-hybridized carbons (Fsp3) is 0.667. The van der Waals surface area contributed by atoms with Crippen molar-refractivity contribution < 1.29 is 9.53 Å². The van der Waals surface area contributed by atoms with Crippen LogP contribution in [0.1, 0.15) is 0 Å². The Morgan fingerprint density at radius 1 is 1.71 bits per heavy atom. The standard InChI is InChI=1S/C3H6O2S2/c1-5-3(4)7-6-2/h1-2H3. The summed E-state index contributed by atoms with van der Waals surface area (Å²) in [5.41, 5.74) is 0. The number of hydrogen-bond acceptors (Lipinski definition) is 4. The van der Waals surface area contributed by atoms with E-state index in [0.29, 0.717) is 0 Å². The van der Waals surface area contributed by atoms with E-state index in [-0.39, 0.29) is 5.30 Å². The van der Waals surface area contributed by atoms with Gasteiger partial charge in [-0.05, 0) is 6.26 Å². The van der Waals surface area contributed by atoms with E-state index < -0.39 is 0 Å². The van der Waals surface area contributed by atoms with Crippen molar-refractivity contribution in [3.05, 3.63) is 0 Å². The van der Waals surface area contributed by atoms with E-state index in [4.69, 9.17) is 0 Å². The van der Waals surface area contributed by atoms with E-state index in [9.17, 15) is 4.79 Å². The molecule has 0 heterocycles. The highest BCUT2D eigenvalue weighted by Gasteiger charge is 1.94. The Balaban J connectivity index is 3.00. The van der Waals surface area contributed by atoms with Gasteiger partial charge in [0.25, 0.3) is 0 Å². The van der Waals surface area contributed by atoms with Crippen molar-refractivity contribution in [3.63, 3.8) is 0 Å². The normalized spacial score (nSPS) is 8.29. The summed E-state index contributed by atoms with van der Waals surface area (Å²) in [5, 5.41) is -0.243. The summed E-state index contributed by atoms with van der Waals surface area (Å²) in [4.78, 5) is 10.1. The van der Waals surface area contributed by atoms with Gasteiger partial charge in [-0.1, -0.05) is 10.8 Å². The van der Waals surface area contributed by atoms with Gasteiger partial charge in [-0.25, -0.2) is 4.79 Å². The van der Waals surface area contributed by atoms with Gasteiger partial charge in [-0.3, -0.25) is 0 Å². The van der Waals surface area contributed by atoms with Crippen LogP contribution in [0.15, 0.2) is 0 Å². The molecule has 0 unspecified atom stereocenters. The first kappa shape index (κ1) is 7.17. The number of rotatable bonds is 1. The van der Waals surface area contributed by atoms with Crippen LogP contribution >= 0.6 is 21.6 Å². The molecular weight excluding hydrogens is 132 g/mol. The SMILES string of the molecule is COC(=O)SSC. The molecule has 0 aliphatic heterocycles. The van der Waals surface area contributed by atoms with Crippen LogP contribution in [-0.2, 0) is 4.74 Å². The van der Waals surface area contributed by atoms with E-state index in [1.807, 2.05) is 6.26 Å². The number of ether oxygens (including phenoxy) is 1. The van der Waals surface area contributed by atoms with Crippen molar-refractivity contribution in [3.8, 4) is 0 Å².